The van der Waals surface area contributed by atoms with E-state index >= 15 is 0 Å². The highest BCUT2D eigenvalue weighted by Gasteiger charge is 2.17. The molecule has 1 saturated heterocycles. The van der Waals surface area contributed by atoms with Gasteiger partial charge in [0.25, 0.3) is 0 Å². The van der Waals surface area contributed by atoms with Crippen molar-refractivity contribution >= 4 is 16.7 Å². The number of nitrogens with zero attached hydrogens (tertiary/aromatic N) is 1. The summed E-state index contributed by atoms with van der Waals surface area (Å²) in [7, 11) is 0. The van der Waals surface area contributed by atoms with Crippen molar-refractivity contribution in [2.75, 3.05) is 19.6 Å². The van der Waals surface area contributed by atoms with E-state index < -0.39 is 0 Å². The number of benzene rings is 2. The number of halogens is 1. The number of carbonyl (C=O) groups is 1. The number of nitrogens with one attached hydrogen (secondary N) is 1. The van der Waals surface area contributed by atoms with Crippen LogP contribution in [0.4, 0.5) is 4.39 Å². The maximum absolute atomic E-state index is 13.3. The molecule has 0 saturated carbocycles. The Labute approximate surface area is 159 Å². The van der Waals surface area contributed by atoms with Gasteiger partial charge in [-0.2, -0.15) is 0 Å². The number of likely N-dealkylation sites (tertiary alicyclic amines) is 1. The topological polar surface area (TPSA) is 36.1 Å². The summed E-state index contributed by atoms with van der Waals surface area (Å²) < 4.78 is 13.3. The summed E-state index contributed by atoms with van der Waals surface area (Å²) in [6.07, 6.45) is 2.81. The molecule has 1 aliphatic rings. The van der Waals surface area contributed by atoms with Gasteiger partial charge in [-0.15, -0.1) is 0 Å². The highest BCUT2D eigenvalue weighted by atomic mass is 19.1. The highest BCUT2D eigenvalue weighted by Crippen LogP contribution is 2.25. The fraction of sp³-hybridized carbons (Fsp3) is 0.348. The third-order valence-electron chi connectivity index (χ3n) is 5.50. The van der Waals surface area contributed by atoms with E-state index in [-0.39, 0.29) is 18.0 Å². The first kappa shape index (κ1) is 17.9. The molecule has 0 amide bonds. The summed E-state index contributed by atoms with van der Waals surface area (Å²) in [5.74, 6) is 0.130. The van der Waals surface area contributed by atoms with E-state index in [4.69, 9.17) is 0 Å². The Bertz CT molecular complexity index is 956. The lowest BCUT2D eigenvalue weighted by molar-refractivity contribution is 0.0989. The molecular formula is C23H25FN2O. The zero-order chi connectivity index (χ0) is 18.8. The average Bonchev–Trinajstić information content (AvgIpc) is 3.30. The Morgan fingerprint density at radius 1 is 1.15 bits per heavy atom. The molecule has 2 heterocycles. The number of ketones is 1. The zero-order valence-corrected chi connectivity index (χ0v) is 15.7. The minimum atomic E-state index is -0.312. The minimum absolute atomic E-state index is 0.0246. The molecule has 1 aliphatic heterocycles. The number of aromatic nitrogens is 1. The maximum Gasteiger partial charge on any atom is 0.183 e. The summed E-state index contributed by atoms with van der Waals surface area (Å²) in [5.41, 5.74) is 3.55. The fourth-order valence-electron chi connectivity index (χ4n) is 3.99. The van der Waals surface area contributed by atoms with Crippen molar-refractivity contribution in [3.05, 3.63) is 71.2 Å². The van der Waals surface area contributed by atoms with Gasteiger partial charge in [0, 0.05) is 23.9 Å². The van der Waals surface area contributed by atoms with Gasteiger partial charge < -0.3 is 9.88 Å². The lowest BCUT2D eigenvalue weighted by atomic mass is 9.99. The van der Waals surface area contributed by atoms with Gasteiger partial charge in [0.2, 0.25) is 0 Å². The number of fused-ring (bicyclic) bond motifs is 1. The summed E-state index contributed by atoms with van der Waals surface area (Å²) in [5, 5.41) is 1.06. The summed E-state index contributed by atoms with van der Waals surface area (Å²) in [4.78, 5) is 18.3. The zero-order valence-electron chi connectivity index (χ0n) is 15.7. The summed E-state index contributed by atoms with van der Waals surface area (Å²) >= 11 is 0. The second-order valence-corrected chi connectivity index (χ2v) is 7.67. The average molecular weight is 364 g/mol. The summed E-state index contributed by atoms with van der Waals surface area (Å²) in [6, 6.07) is 14.5. The lowest BCUT2D eigenvalue weighted by Crippen LogP contribution is -2.24. The Balaban J connectivity index is 1.50. The standard InChI is InChI=1S/C23H25FN2O/c1-16(15-26-9-2-3-10-26)18-7-8-21-19(13-18)14-22(25-21)23(27)12-17-5-4-6-20(24)11-17/h4-8,11,13-14,16,25H,2-3,9-10,12,15H2,1H3/t16-/m0/s1. The molecule has 1 atom stereocenters. The monoisotopic (exact) mass is 364 g/mol. The third kappa shape index (κ3) is 4.11. The smallest absolute Gasteiger partial charge is 0.183 e. The minimum Gasteiger partial charge on any atom is -0.352 e. The second-order valence-electron chi connectivity index (χ2n) is 7.67. The van der Waals surface area contributed by atoms with Gasteiger partial charge in [-0.1, -0.05) is 25.1 Å². The molecule has 3 nitrogen and oxygen atoms in total. The number of carbonyl (C=O) groups excluding carboxylic acids is 1. The second kappa shape index (κ2) is 7.65. The van der Waals surface area contributed by atoms with Crippen LogP contribution in [0.25, 0.3) is 10.9 Å². The van der Waals surface area contributed by atoms with Crippen LogP contribution in [0.3, 0.4) is 0 Å². The Morgan fingerprint density at radius 3 is 2.74 bits per heavy atom. The lowest BCUT2D eigenvalue weighted by Gasteiger charge is -2.20. The third-order valence-corrected chi connectivity index (χ3v) is 5.50. The molecule has 0 spiro atoms. The predicted octanol–water partition coefficient (Wildman–Crippen LogP) is 4.93. The Kier molecular flexibility index (Phi) is 5.08. The molecule has 4 heteroatoms. The van der Waals surface area contributed by atoms with Crippen molar-refractivity contribution in [1.82, 2.24) is 9.88 Å². The van der Waals surface area contributed by atoms with E-state index in [1.165, 1.54) is 43.6 Å². The van der Waals surface area contributed by atoms with E-state index in [2.05, 4.69) is 35.0 Å². The van der Waals surface area contributed by atoms with E-state index in [1.54, 1.807) is 12.1 Å². The largest absolute Gasteiger partial charge is 0.352 e. The van der Waals surface area contributed by atoms with Gasteiger partial charge in [0.15, 0.2) is 5.78 Å². The van der Waals surface area contributed by atoms with Crippen molar-refractivity contribution in [3.63, 3.8) is 0 Å². The maximum atomic E-state index is 13.3. The molecule has 1 aromatic heterocycles. The van der Waals surface area contributed by atoms with Crippen LogP contribution in [0.15, 0.2) is 48.5 Å². The van der Waals surface area contributed by atoms with Crippen LogP contribution < -0.4 is 0 Å². The van der Waals surface area contributed by atoms with Gasteiger partial charge in [0.05, 0.1) is 5.69 Å². The van der Waals surface area contributed by atoms with Crippen LogP contribution in [0.1, 0.15) is 47.3 Å². The van der Waals surface area contributed by atoms with Crippen LogP contribution >= 0.6 is 0 Å². The van der Waals surface area contributed by atoms with Crippen molar-refractivity contribution in [2.24, 2.45) is 0 Å². The molecule has 2 aromatic carbocycles. The van der Waals surface area contributed by atoms with Gasteiger partial charge >= 0.3 is 0 Å². The molecule has 0 radical (unpaired) electrons. The molecule has 27 heavy (non-hydrogen) atoms. The van der Waals surface area contributed by atoms with Crippen molar-refractivity contribution in [1.29, 1.82) is 0 Å². The number of aromatic amines is 1. The van der Waals surface area contributed by atoms with E-state index in [9.17, 15) is 9.18 Å². The van der Waals surface area contributed by atoms with Gasteiger partial charge in [-0.25, -0.2) is 4.39 Å². The SMILES string of the molecule is C[C@@H](CN1CCCC1)c1ccc2[nH]c(C(=O)Cc3cccc(F)c3)cc2c1. The first-order valence-electron chi connectivity index (χ1n) is 9.71. The fourth-order valence-corrected chi connectivity index (χ4v) is 3.99. The Hall–Kier alpha value is -2.46. The normalized spacial score (nSPS) is 16.1. The predicted molar refractivity (Wildman–Crippen MR) is 107 cm³/mol. The Morgan fingerprint density at radius 2 is 1.96 bits per heavy atom. The van der Waals surface area contributed by atoms with Gasteiger partial charge in [0.1, 0.15) is 5.82 Å². The van der Waals surface area contributed by atoms with Gasteiger partial charge in [-0.05, 0) is 73.3 Å². The molecule has 0 bridgehead atoms. The van der Waals surface area contributed by atoms with Crippen LogP contribution in [-0.4, -0.2) is 35.3 Å². The van der Waals surface area contributed by atoms with Crippen LogP contribution in [-0.2, 0) is 6.42 Å². The molecule has 3 aromatic rings. The van der Waals surface area contributed by atoms with E-state index in [0.717, 1.165) is 17.4 Å². The quantitative estimate of drug-likeness (QED) is 0.630. The molecule has 0 aliphatic carbocycles. The van der Waals surface area contributed by atoms with Crippen LogP contribution in [0.5, 0.6) is 0 Å². The molecule has 1 N–H and O–H groups in total. The van der Waals surface area contributed by atoms with Crippen molar-refractivity contribution in [3.8, 4) is 0 Å². The number of rotatable bonds is 6. The number of hydrogen-bond donors (Lipinski definition) is 1. The van der Waals surface area contributed by atoms with E-state index in [1.807, 2.05) is 6.07 Å². The molecular weight excluding hydrogens is 339 g/mol. The first-order valence-corrected chi connectivity index (χ1v) is 9.71. The molecule has 4 rings (SSSR count). The first-order chi connectivity index (χ1) is 13.1. The number of hydrogen-bond acceptors (Lipinski definition) is 2. The van der Waals surface area contributed by atoms with Gasteiger partial charge in [-0.3, -0.25) is 4.79 Å². The van der Waals surface area contributed by atoms with E-state index in [0.29, 0.717) is 17.2 Å². The number of H-pyrrole nitrogens is 1. The van der Waals surface area contributed by atoms with Crippen molar-refractivity contribution in [2.45, 2.75) is 32.1 Å². The molecule has 1 fully saturated rings. The van der Waals surface area contributed by atoms with Crippen molar-refractivity contribution < 1.29 is 9.18 Å². The molecule has 140 valence electrons. The highest BCUT2D eigenvalue weighted by molar-refractivity contribution is 6.00. The number of Topliss-reactive ketones (excluding diaryl/α,β-unsaturated/α-hetero) is 1. The molecule has 0 unspecified atom stereocenters. The van der Waals surface area contributed by atoms with Crippen LogP contribution in [0, 0.1) is 5.82 Å². The summed E-state index contributed by atoms with van der Waals surface area (Å²) in [6.45, 7) is 5.76. The van der Waals surface area contributed by atoms with Crippen LogP contribution in [0.2, 0.25) is 0 Å².